The van der Waals surface area contributed by atoms with Crippen LogP contribution >= 0.6 is 0 Å². The van der Waals surface area contributed by atoms with E-state index in [0.717, 1.165) is 0 Å². The topological polar surface area (TPSA) is 53.1 Å². The molecule has 5 heteroatoms. The van der Waals surface area contributed by atoms with E-state index < -0.39 is 0 Å². The van der Waals surface area contributed by atoms with Gasteiger partial charge < -0.3 is 15.0 Å². The number of imidazole rings is 1. The van der Waals surface area contributed by atoms with Gasteiger partial charge >= 0.3 is 0 Å². The van der Waals surface area contributed by atoms with Gasteiger partial charge in [0.05, 0.1) is 12.9 Å². The van der Waals surface area contributed by atoms with Crippen LogP contribution in [0.15, 0.2) is 36.9 Å². The molecule has 0 amide bonds. The van der Waals surface area contributed by atoms with Crippen LogP contribution in [0.5, 0.6) is 5.75 Å². The van der Waals surface area contributed by atoms with Crippen molar-refractivity contribution in [2.75, 3.05) is 6.61 Å². The molecule has 0 saturated carbocycles. The minimum Gasteiger partial charge on any atom is -0.492 e. The second-order valence-electron chi connectivity index (χ2n) is 4.12. The van der Waals surface area contributed by atoms with Crippen molar-refractivity contribution in [1.82, 2.24) is 9.55 Å². The van der Waals surface area contributed by atoms with Crippen molar-refractivity contribution in [2.24, 2.45) is 5.73 Å². The Bertz CT molecular complexity index is 497. The summed E-state index contributed by atoms with van der Waals surface area (Å²) in [7, 11) is 0. The van der Waals surface area contributed by atoms with Gasteiger partial charge in [0.2, 0.25) is 0 Å². The molecule has 2 N–H and O–H groups in total. The lowest BCUT2D eigenvalue weighted by atomic mass is 10.1. The highest BCUT2D eigenvalue weighted by atomic mass is 19.1. The Kier molecular flexibility index (Phi) is 3.94. The average Bonchev–Trinajstić information content (AvgIpc) is 2.81. The number of benzene rings is 1. The van der Waals surface area contributed by atoms with Crippen molar-refractivity contribution >= 4 is 0 Å². The molecule has 0 fully saturated rings. The molecule has 18 heavy (non-hydrogen) atoms. The van der Waals surface area contributed by atoms with Crippen LogP contribution in [0.1, 0.15) is 18.5 Å². The molecular weight excluding hydrogens is 233 g/mol. The molecule has 2 aromatic rings. The maximum Gasteiger partial charge on any atom is 0.131 e. The van der Waals surface area contributed by atoms with Gasteiger partial charge in [-0.25, -0.2) is 9.37 Å². The second-order valence-corrected chi connectivity index (χ2v) is 4.12. The fourth-order valence-electron chi connectivity index (χ4n) is 1.65. The first-order chi connectivity index (χ1) is 8.66. The molecule has 1 heterocycles. The summed E-state index contributed by atoms with van der Waals surface area (Å²) in [5.41, 5.74) is 6.14. The summed E-state index contributed by atoms with van der Waals surface area (Å²) in [6.07, 6.45) is 5.27. The second kappa shape index (κ2) is 5.64. The molecule has 1 aromatic carbocycles. The summed E-state index contributed by atoms with van der Waals surface area (Å²) in [4.78, 5) is 3.93. The van der Waals surface area contributed by atoms with Crippen molar-refractivity contribution in [2.45, 2.75) is 19.5 Å². The largest absolute Gasteiger partial charge is 0.492 e. The number of hydrogen-bond donors (Lipinski definition) is 1. The SMILES string of the molecule is C[C@H](N)c1ccc(OCCn2ccnc2)cc1F. The first-order valence-electron chi connectivity index (χ1n) is 5.80. The normalized spacial score (nSPS) is 12.4. The lowest BCUT2D eigenvalue weighted by Crippen LogP contribution is -2.09. The summed E-state index contributed by atoms with van der Waals surface area (Å²) in [5, 5.41) is 0. The lowest BCUT2D eigenvalue weighted by Gasteiger charge is -2.10. The Labute approximate surface area is 105 Å². The number of aromatic nitrogens is 2. The fourth-order valence-corrected chi connectivity index (χ4v) is 1.65. The van der Waals surface area contributed by atoms with Crippen molar-refractivity contribution in [3.8, 4) is 5.75 Å². The van der Waals surface area contributed by atoms with E-state index in [9.17, 15) is 4.39 Å². The first kappa shape index (κ1) is 12.6. The molecule has 0 unspecified atom stereocenters. The predicted octanol–water partition coefficient (Wildman–Crippen LogP) is 2.12. The Morgan fingerprint density at radius 3 is 2.94 bits per heavy atom. The number of nitrogens with two attached hydrogens (primary N) is 1. The number of halogens is 1. The van der Waals surface area contributed by atoms with Crippen molar-refractivity contribution < 1.29 is 9.13 Å². The summed E-state index contributed by atoms with van der Waals surface area (Å²) < 4.78 is 21.0. The molecule has 1 atom stereocenters. The third-order valence-electron chi connectivity index (χ3n) is 2.64. The maximum absolute atomic E-state index is 13.6. The third-order valence-corrected chi connectivity index (χ3v) is 2.64. The zero-order valence-electron chi connectivity index (χ0n) is 10.2. The molecule has 0 saturated heterocycles. The fraction of sp³-hybridized carbons (Fsp3) is 0.308. The van der Waals surface area contributed by atoms with Crippen LogP contribution in [-0.4, -0.2) is 16.2 Å². The Morgan fingerprint density at radius 2 is 2.33 bits per heavy atom. The summed E-state index contributed by atoms with van der Waals surface area (Å²) >= 11 is 0. The highest BCUT2D eigenvalue weighted by Crippen LogP contribution is 2.20. The first-order valence-corrected chi connectivity index (χ1v) is 5.80. The molecule has 0 radical (unpaired) electrons. The Hall–Kier alpha value is -1.88. The molecular formula is C13H16FN3O. The van der Waals surface area contributed by atoms with E-state index in [1.54, 1.807) is 31.6 Å². The van der Waals surface area contributed by atoms with Gasteiger partial charge in [-0.15, -0.1) is 0 Å². The van der Waals surface area contributed by atoms with Crippen molar-refractivity contribution in [3.05, 3.63) is 48.3 Å². The van der Waals surface area contributed by atoms with Gasteiger partial charge in [0.25, 0.3) is 0 Å². The highest BCUT2D eigenvalue weighted by Gasteiger charge is 2.07. The van der Waals surface area contributed by atoms with E-state index >= 15 is 0 Å². The molecule has 96 valence electrons. The minimum atomic E-state index is -0.329. The molecule has 4 nitrogen and oxygen atoms in total. The predicted molar refractivity (Wildman–Crippen MR) is 66.7 cm³/mol. The van der Waals surface area contributed by atoms with E-state index in [0.29, 0.717) is 24.5 Å². The van der Waals surface area contributed by atoms with Crippen LogP contribution in [0.4, 0.5) is 4.39 Å². The molecule has 1 aromatic heterocycles. The van der Waals surface area contributed by atoms with Crippen LogP contribution in [0, 0.1) is 5.82 Å². The highest BCUT2D eigenvalue weighted by molar-refractivity contribution is 5.30. The van der Waals surface area contributed by atoms with Crippen LogP contribution < -0.4 is 10.5 Å². The van der Waals surface area contributed by atoms with E-state index in [4.69, 9.17) is 10.5 Å². The molecule has 2 rings (SSSR count). The number of hydrogen-bond acceptors (Lipinski definition) is 3. The van der Waals surface area contributed by atoms with Crippen molar-refractivity contribution in [1.29, 1.82) is 0 Å². The van der Waals surface area contributed by atoms with Crippen molar-refractivity contribution in [3.63, 3.8) is 0 Å². The molecule has 0 spiro atoms. The zero-order valence-corrected chi connectivity index (χ0v) is 10.2. The quantitative estimate of drug-likeness (QED) is 0.883. The number of rotatable bonds is 5. The lowest BCUT2D eigenvalue weighted by molar-refractivity contribution is 0.296. The van der Waals surface area contributed by atoms with Crippen LogP contribution in [-0.2, 0) is 6.54 Å². The summed E-state index contributed by atoms with van der Waals surface area (Å²) in [5.74, 6) is 0.183. The molecule has 0 aliphatic heterocycles. The van der Waals surface area contributed by atoms with Gasteiger partial charge in [-0.3, -0.25) is 0 Å². The number of ether oxygens (including phenoxy) is 1. The molecule has 0 bridgehead atoms. The van der Waals surface area contributed by atoms with Crippen LogP contribution in [0.2, 0.25) is 0 Å². The van der Waals surface area contributed by atoms with E-state index in [1.807, 2.05) is 10.8 Å². The van der Waals surface area contributed by atoms with Gasteiger partial charge in [0, 0.05) is 30.1 Å². The van der Waals surface area contributed by atoms with Gasteiger partial charge in [-0.2, -0.15) is 0 Å². The monoisotopic (exact) mass is 249 g/mol. The summed E-state index contributed by atoms with van der Waals surface area (Å²) in [6.45, 7) is 2.89. The van der Waals surface area contributed by atoms with E-state index in [-0.39, 0.29) is 11.9 Å². The van der Waals surface area contributed by atoms with Gasteiger partial charge in [-0.05, 0) is 13.0 Å². The third kappa shape index (κ3) is 3.07. The minimum absolute atomic E-state index is 0.315. The Morgan fingerprint density at radius 1 is 1.50 bits per heavy atom. The van der Waals surface area contributed by atoms with Crippen LogP contribution in [0.25, 0.3) is 0 Å². The van der Waals surface area contributed by atoms with Gasteiger partial charge in [0.1, 0.15) is 18.2 Å². The smallest absolute Gasteiger partial charge is 0.131 e. The maximum atomic E-state index is 13.6. The van der Waals surface area contributed by atoms with Gasteiger partial charge in [-0.1, -0.05) is 6.07 Å². The van der Waals surface area contributed by atoms with E-state index in [1.165, 1.54) is 6.07 Å². The standard InChI is InChI=1S/C13H16FN3O/c1-10(15)12-3-2-11(8-13(12)14)18-7-6-17-5-4-16-9-17/h2-5,8-10H,6-7,15H2,1H3/t10-/m0/s1. The summed E-state index contributed by atoms with van der Waals surface area (Å²) in [6, 6.07) is 4.44. The number of nitrogens with zero attached hydrogens (tertiary/aromatic N) is 2. The van der Waals surface area contributed by atoms with Crippen LogP contribution in [0.3, 0.4) is 0 Å². The van der Waals surface area contributed by atoms with Gasteiger partial charge in [0.15, 0.2) is 0 Å². The average molecular weight is 249 g/mol. The zero-order chi connectivity index (χ0) is 13.0. The molecule has 0 aliphatic rings. The molecule has 0 aliphatic carbocycles. The van der Waals surface area contributed by atoms with E-state index in [2.05, 4.69) is 4.98 Å². The Balaban J connectivity index is 1.92.